The van der Waals surface area contributed by atoms with Crippen LogP contribution in [0.1, 0.15) is 36.8 Å². The van der Waals surface area contributed by atoms with Gasteiger partial charge in [0.25, 0.3) is 0 Å². The Bertz CT molecular complexity index is 458. The summed E-state index contributed by atoms with van der Waals surface area (Å²) in [7, 11) is 0. The Kier molecular flexibility index (Phi) is 2.20. The van der Waals surface area contributed by atoms with Crippen LogP contribution in [-0.4, -0.2) is 5.78 Å². The van der Waals surface area contributed by atoms with E-state index in [1.807, 2.05) is 0 Å². The van der Waals surface area contributed by atoms with Crippen molar-refractivity contribution in [1.29, 1.82) is 0 Å². The maximum Gasteiger partial charge on any atom is 0.143 e. The highest BCUT2D eigenvalue weighted by molar-refractivity contribution is 5.88. The average molecular weight is 212 g/mol. The minimum absolute atomic E-state index is 0.138. The molecule has 0 N–H and O–H groups in total. The maximum absolute atomic E-state index is 12.1. The first kappa shape index (κ1) is 9.83. The van der Waals surface area contributed by atoms with Crippen LogP contribution in [0.3, 0.4) is 0 Å². The highest BCUT2D eigenvalue weighted by Crippen LogP contribution is 2.43. The second-order valence-corrected chi connectivity index (χ2v) is 5.00. The number of ketones is 1. The van der Waals surface area contributed by atoms with Crippen molar-refractivity contribution in [3.8, 4) is 0 Å². The Morgan fingerprint density at radius 1 is 1.19 bits per heavy atom. The van der Waals surface area contributed by atoms with Crippen LogP contribution >= 0.6 is 0 Å². The van der Waals surface area contributed by atoms with Gasteiger partial charge in [-0.2, -0.15) is 0 Å². The summed E-state index contributed by atoms with van der Waals surface area (Å²) in [6, 6.07) is 8.47. The smallest absolute Gasteiger partial charge is 0.143 e. The predicted octanol–water partition coefficient (Wildman–Crippen LogP) is 3.41. The normalized spacial score (nSPS) is 32.1. The van der Waals surface area contributed by atoms with Crippen molar-refractivity contribution in [3.05, 3.63) is 41.5 Å². The van der Waals surface area contributed by atoms with Crippen molar-refractivity contribution in [3.63, 3.8) is 0 Å². The molecule has 1 nitrogen and oxygen atoms in total. The molecule has 82 valence electrons. The quantitative estimate of drug-likeness (QED) is 0.644. The summed E-state index contributed by atoms with van der Waals surface area (Å²) < 4.78 is 0. The molecule has 16 heavy (non-hydrogen) atoms. The van der Waals surface area contributed by atoms with E-state index in [-0.39, 0.29) is 11.8 Å². The zero-order valence-corrected chi connectivity index (χ0v) is 9.52. The minimum atomic E-state index is 0.138. The van der Waals surface area contributed by atoms with Crippen LogP contribution in [0.5, 0.6) is 0 Å². The SMILES string of the molecule is CC1CCC2c3ccccc3C=CC2C1=O. The number of rotatable bonds is 0. The highest BCUT2D eigenvalue weighted by Gasteiger charge is 2.37. The van der Waals surface area contributed by atoms with Gasteiger partial charge in [0.05, 0.1) is 0 Å². The lowest BCUT2D eigenvalue weighted by atomic mass is 9.68. The Labute approximate surface area is 96.2 Å². The largest absolute Gasteiger partial charge is 0.299 e. The van der Waals surface area contributed by atoms with E-state index in [1.165, 1.54) is 11.1 Å². The fourth-order valence-electron chi connectivity index (χ4n) is 3.06. The molecule has 3 unspecified atom stereocenters. The van der Waals surface area contributed by atoms with Gasteiger partial charge in [0.1, 0.15) is 5.78 Å². The first-order valence-corrected chi connectivity index (χ1v) is 6.08. The van der Waals surface area contributed by atoms with Crippen LogP contribution in [0.25, 0.3) is 6.08 Å². The first-order valence-electron chi connectivity index (χ1n) is 6.08. The standard InChI is InChI=1S/C15H16O/c1-10-6-8-13-12-5-3-2-4-11(12)7-9-14(13)15(10)16/h2-5,7,9-10,13-14H,6,8H2,1H3. The van der Waals surface area contributed by atoms with Crippen molar-refractivity contribution in [2.24, 2.45) is 11.8 Å². The number of allylic oxidation sites excluding steroid dienone is 1. The van der Waals surface area contributed by atoms with Crippen molar-refractivity contribution >= 4 is 11.9 Å². The summed E-state index contributed by atoms with van der Waals surface area (Å²) in [6.45, 7) is 2.06. The molecule has 0 bridgehead atoms. The molecular weight excluding hydrogens is 196 g/mol. The van der Waals surface area contributed by atoms with Crippen LogP contribution in [0.15, 0.2) is 30.3 Å². The average Bonchev–Trinajstić information content (AvgIpc) is 2.33. The van der Waals surface area contributed by atoms with Gasteiger partial charge >= 0.3 is 0 Å². The van der Waals surface area contributed by atoms with E-state index in [2.05, 4.69) is 43.3 Å². The molecule has 0 amide bonds. The van der Waals surface area contributed by atoms with Gasteiger partial charge in [0, 0.05) is 11.8 Å². The Morgan fingerprint density at radius 2 is 2.00 bits per heavy atom. The first-order chi connectivity index (χ1) is 7.77. The van der Waals surface area contributed by atoms with Gasteiger partial charge in [-0.3, -0.25) is 4.79 Å². The molecule has 2 aliphatic carbocycles. The Balaban J connectivity index is 2.05. The number of carbonyl (C=O) groups is 1. The summed E-state index contributed by atoms with van der Waals surface area (Å²) >= 11 is 0. The topological polar surface area (TPSA) is 17.1 Å². The lowest BCUT2D eigenvalue weighted by Crippen LogP contribution is -2.32. The van der Waals surface area contributed by atoms with Gasteiger partial charge in [0.15, 0.2) is 0 Å². The molecule has 1 fully saturated rings. The van der Waals surface area contributed by atoms with Gasteiger partial charge in [-0.15, -0.1) is 0 Å². The van der Waals surface area contributed by atoms with Crippen LogP contribution in [0.4, 0.5) is 0 Å². The third-order valence-electron chi connectivity index (χ3n) is 4.04. The molecule has 0 spiro atoms. The number of Topliss-reactive ketones (excluding diaryl/α,β-unsaturated/α-hetero) is 1. The summed E-state index contributed by atoms with van der Waals surface area (Å²) in [5.74, 6) is 1.25. The molecule has 3 rings (SSSR count). The number of hydrogen-bond donors (Lipinski definition) is 0. The zero-order chi connectivity index (χ0) is 11.1. The summed E-state index contributed by atoms with van der Waals surface area (Å²) in [4.78, 5) is 12.1. The maximum atomic E-state index is 12.1. The van der Waals surface area contributed by atoms with Crippen LogP contribution in [0.2, 0.25) is 0 Å². The fraction of sp³-hybridized carbons (Fsp3) is 0.400. The van der Waals surface area contributed by atoms with Gasteiger partial charge in [-0.05, 0) is 29.9 Å². The molecule has 2 aliphatic rings. The molecule has 3 atom stereocenters. The van der Waals surface area contributed by atoms with E-state index in [1.54, 1.807) is 0 Å². The van der Waals surface area contributed by atoms with E-state index < -0.39 is 0 Å². The highest BCUT2D eigenvalue weighted by atomic mass is 16.1. The monoisotopic (exact) mass is 212 g/mol. The number of carbonyl (C=O) groups excluding carboxylic acids is 1. The summed E-state index contributed by atoms with van der Waals surface area (Å²) in [6.07, 6.45) is 6.43. The summed E-state index contributed by atoms with van der Waals surface area (Å²) in [5.41, 5.74) is 2.67. The molecule has 0 aromatic heterocycles. The van der Waals surface area contributed by atoms with E-state index >= 15 is 0 Å². The molecule has 1 aromatic rings. The molecule has 0 saturated heterocycles. The molecule has 0 radical (unpaired) electrons. The number of hydrogen-bond acceptors (Lipinski definition) is 1. The third kappa shape index (κ3) is 1.35. The number of fused-ring (bicyclic) bond motifs is 3. The third-order valence-corrected chi connectivity index (χ3v) is 4.04. The second-order valence-electron chi connectivity index (χ2n) is 5.00. The van der Waals surface area contributed by atoms with E-state index in [0.717, 1.165) is 12.8 Å². The molecule has 0 heterocycles. The van der Waals surface area contributed by atoms with Gasteiger partial charge in [-0.25, -0.2) is 0 Å². The molecular formula is C15H16O. The van der Waals surface area contributed by atoms with Crippen molar-refractivity contribution < 1.29 is 4.79 Å². The second kappa shape index (κ2) is 3.58. The lowest BCUT2D eigenvalue weighted by molar-refractivity contribution is -0.127. The Morgan fingerprint density at radius 3 is 2.88 bits per heavy atom. The predicted molar refractivity (Wildman–Crippen MR) is 65.1 cm³/mol. The summed E-state index contributed by atoms with van der Waals surface area (Å²) in [5, 5.41) is 0. The van der Waals surface area contributed by atoms with Crippen LogP contribution < -0.4 is 0 Å². The Hall–Kier alpha value is -1.37. The zero-order valence-electron chi connectivity index (χ0n) is 9.52. The van der Waals surface area contributed by atoms with Crippen LogP contribution in [-0.2, 0) is 4.79 Å². The lowest BCUT2D eigenvalue weighted by Gasteiger charge is -2.35. The van der Waals surface area contributed by atoms with Gasteiger partial charge in [-0.1, -0.05) is 43.3 Å². The van der Waals surface area contributed by atoms with Crippen molar-refractivity contribution in [2.45, 2.75) is 25.7 Å². The van der Waals surface area contributed by atoms with E-state index in [4.69, 9.17) is 0 Å². The number of benzene rings is 1. The van der Waals surface area contributed by atoms with Gasteiger partial charge < -0.3 is 0 Å². The molecule has 1 aromatic carbocycles. The van der Waals surface area contributed by atoms with Gasteiger partial charge in [0.2, 0.25) is 0 Å². The van der Waals surface area contributed by atoms with Crippen LogP contribution in [0, 0.1) is 11.8 Å². The molecule has 0 aliphatic heterocycles. The molecule has 1 heteroatoms. The molecule has 1 saturated carbocycles. The minimum Gasteiger partial charge on any atom is -0.299 e. The van der Waals surface area contributed by atoms with E-state index in [0.29, 0.717) is 11.7 Å². The van der Waals surface area contributed by atoms with Crippen molar-refractivity contribution in [1.82, 2.24) is 0 Å². The van der Waals surface area contributed by atoms with E-state index in [9.17, 15) is 4.79 Å². The fourth-order valence-corrected chi connectivity index (χ4v) is 3.06. The van der Waals surface area contributed by atoms with Crippen molar-refractivity contribution in [2.75, 3.05) is 0 Å².